The van der Waals surface area contributed by atoms with E-state index in [1.54, 1.807) is 0 Å². The lowest BCUT2D eigenvalue weighted by atomic mass is 9.93. The summed E-state index contributed by atoms with van der Waals surface area (Å²) in [6.07, 6.45) is 18.7. The summed E-state index contributed by atoms with van der Waals surface area (Å²) in [6.45, 7) is 5.54. The van der Waals surface area contributed by atoms with E-state index in [9.17, 15) is 14.4 Å². The first kappa shape index (κ1) is 29.3. The normalized spacial score (nSPS) is 12.7. The summed E-state index contributed by atoms with van der Waals surface area (Å²) in [5, 5.41) is 9.03. The van der Waals surface area contributed by atoms with E-state index in [1.165, 1.54) is 32.1 Å². The molecular formula is C25H45NO5. The molecule has 0 rings (SSSR count). The quantitative estimate of drug-likeness (QED) is 0.108. The molecule has 6 heteroatoms. The third-order valence-electron chi connectivity index (χ3n) is 5.75. The Kier molecular flexibility index (Phi) is 20.4. The summed E-state index contributed by atoms with van der Waals surface area (Å²) in [5.74, 6) is -1.09. The number of aliphatic hydroxyl groups is 1. The average molecular weight is 440 g/mol. The molecule has 0 bridgehead atoms. The monoisotopic (exact) mass is 439 g/mol. The molecule has 6 nitrogen and oxygen atoms in total. The topological polar surface area (TPSA) is 92.7 Å². The number of hydrogen-bond acceptors (Lipinski definition) is 5. The minimum atomic E-state index is -0.695. The minimum Gasteiger partial charge on any atom is -0.396 e. The van der Waals surface area contributed by atoms with E-state index in [0.717, 1.165) is 63.7 Å². The Balaban J connectivity index is 3.90. The maximum absolute atomic E-state index is 12.2. The Bertz CT molecular complexity index is 481. The van der Waals surface area contributed by atoms with Crippen LogP contribution in [0.4, 0.5) is 0 Å². The van der Waals surface area contributed by atoms with Gasteiger partial charge in [-0.25, -0.2) is 4.79 Å². The Morgan fingerprint density at radius 2 is 1.39 bits per heavy atom. The van der Waals surface area contributed by atoms with Crippen molar-refractivity contribution < 1.29 is 24.3 Å². The predicted molar refractivity (Wildman–Crippen MR) is 124 cm³/mol. The zero-order chi connectivity index (χ0) is 23.2. The molecule has 0 aliphatic heterocycles. The van der Waals surface area contributed by atoms with Crippen molar-refractivity contribution in [2.24, 2.45) is 11.8 Å². The molecule has 0 aliphatic rings. The van der Waals surface area contributed by atoms with Crippen LogP contribution in [0.2, 0.25) is 0 Å². The largest absolute Gasteiger partial charge is 0.396 e. The fourth-order valence-corrected chi connectivity index (χ4v) is 3.76. The third-order valence-corrected chi connectivity index (χ3v) is 5.75. The number of amides is 1. The number of nitrogens with one attached hydrogen (secondary N) is 1. The summed E-state index contributed by atoms with van der Waals surface area (Å²) in [6, 6.07) is 0. The molecule has 2 unspecified atom stereocenters. The molecule has 0 radical (unpaired) electrons. The van der Waals surface area contributed by atoms with E-state index in [0.29, 0.717) is 19.3 Å². The lowest BCUT2D eigenvalue weighted by molar-refractivity contribution is -0.155. The molecule has 2 atom stereocenters. The first-order chi connectivity index (χ1) is 15.1. The maximum Gasteiger partial charge on any atom is 0.355 e. The number of rotatable bonds is 21. The minimum absolute atomic E-state index is 0.0346. The second-order valence-corrected chi connectivity index (χ2v) is 8.45. The molecule has 0 aliphatic carbocycles. The van der Waals surface area contributed by atoms with Gasteiger partial charge in [0.15, 0.2) is 0 Å². The van der Waals surface area contributed by atoms with Crippen LogP contribution in [0.25, 0.3) is 0 Å². The van der Waals surface area contributed by atoms with Crippen molar-refractivity contribution in [2.75, 3.05) is 6.61 Å². The Hall–Kier alpha value is -1.69. The highest BCUT2D eigenvalue weighted by Gasteiger charge is 2.18. The number of carbonyl (C=O) groups is 3. The van der Waals surface area contributed by atoms with Gasteiger partial charge in [0.2, 0.25) is 0 Å². The van der Waals surface area contributed by atoms with E-state index >= 15 is 0 Å². The van der Waals surface area contributed by atoms with Crippen molar-refractivity contribution in [1.29, 1.82) is 0 Å². The van der Waals surface area contributed by atoms with Gasteiger partial charge >= 0.3 is 5.97 Å². The summed E-state index contributed by atoms with van der Waals surface area (Å²) in [4.78, 5) is 39.1. The van der Waals surface area contributed by atoms with Gasteiger partial charge in [0.1, 0.15) is 6.29 Å². The zero-order valence-electron chi connectivity index (χ0n) is 19.6. The van der Waals surface area contributed by atoms with Crippen LogP contribution >= 0.6 is 0 Å². The van der Waals surface area contributed by atoms with Crippen LogP contribution in [-0.2, 0) is 19.2 Å². The lowest BCUT2D eigenvalue weighted by Crippen LogP contribution is -2.32. The van der Waals surface area contributed by atoms with Gasteiger partial charge in [0, 0.05) is 24.5 Å². The lowest BCUT2D eigenvalue weighted by Gasteiger charge is -2.15. The van der Waals surface area contributed by atoms with Crippen molar-refractivity contribution in [2.45, 2.75) is 110 Å². The van der Waals surface area contributed by atoms with E-state index in [-0.39, 0.29) is 24.3 Å². The fraction of sp³-hybridized carbons (Fsp3) is 0.800. The van der Waals surface area contributed by atoms with Gasteiger partial charge in [-0.3, -0.25) is 4.79 Å². The van der Waals surface area contributed by atoms with Crippen LogP contribution < -0.4 is 5.48 Å². The molecule has 0 aromatic rings. The van der Waals surface area contributed by atoms with Crippen LogP contribution in [-0.4, -0.2) is 29.9 Å². The molecule has 0 aromatic carbocycles. The molecule has 0 saturated heterocycles. The summed E-state index contributed by atoms with van der Waals surface area (Å²) < 4.78 is 0. The van der Waals surface area contributed by atoms with Crippen LogP contribution in [0.1, 0.15) is 110 Å². The second kappa shape index (κ2) is 21.5. The third kappa shape index (κ3) is 17.7. The molecule has 0 aromatic heterocycles. The smallest absolute Gasteiger partial charge is 0.355 e. The first-order valence-corrected chi connectivity index (χ1v) is 12.3. The van der Waals surface area contributed by atoms with Crippen LogP contribution in [0, 0.1) is 11.8 Å². The van der Waals surface area contributed by atoms with Gasteiger partial charge in [0.05, 0.1) is 0 Å². The van der Waals surface area contributed by atoms with Gasteiger partial charge < -0.3 is 14.7 Å². The molecule has 0 spiro atoms. The van der Waals surface area contributed by atoms with Gasteiger partial charge in [0.25, 0.3) is 5.91 Å². The van der Waals surface area contributed by atoms with Crippen molar-refractivity contribution in [3.05, 3.63) is 12.7 Å². The number of aldehydes is 1. The van der Waals surface area contributed by atoms with Crippen molar-refractivity contribution in [3.63, 3.8) is 0 Å². The van der Waals surface area contributed by atoms with Crippen LogP contribution in [0.5, 0.6) is 0 Å². The SMILES string of the molecule is C=CC(=O)ONC(=O)C(CCCO)CCCCCCCC(C=O)CCCCCCCC. The average Bonchev–Trinajstić information content (AvgIpc) is 2.79. The highest BCUT2D eigenvalue weighted by atomic mass is 16.7. The molecule has 1 amide bonds. The molecule has 31 heavy (non-hydrogen) atoms. The number of hydrogen-bond donors (Lipinski definition) is 2. The van der Waals surface area contributed by atoms with Gasteiger partial charge in [-0.2, -0.15) is 5.48 Å². The maximum atomic E-state index is 12.2. The fourth-order valence-electron chi connectivity index (χ4n) is 3.76. The predicted octanol–water partition coefficient (Wildman–Crippen LogP) is 5.43. The highest BCUT2D eigenvalue weighted by Crippen LogP contribution is 2.20. The van der Waals surface area contributed by atoms with Crippen LogP contribution in [0.3, 0.4) is 0 Å². The molecule has 180 valence electrons. The molecule has 0 fully saturated rings. The molecule has 0 saturated carbocycles. The molecule has 0 heterocycles. The number of unbranched alkanes of at least 4 members (excludes halogenated alkanes) is 9. The van der Waals surface area contributed by atoms with E-state index in [4.69, 9.17) is 5.11 Å². The highest BCUT2D eigenvalue weighted by molar-refractivity contribution is 5.84. The van der Waals surface area contributed by atoms with E-state index in [1.807, 2.05) is 0 Å². The van der Waals surface area contributed by atoms with Gasteiger partial charge in [-0.15, -0.1) is 0 Å². The Labute approximate surface area is 189 Å². The van der Waals surface area contributed by atoms with E-state index in [2.05, 4.69) is 23.8 Å². The summed E-state index contributed by atoms with van der Waals surface area (Å²) >= 11 is 0. The number of hydroxylamine groups is 1. The Morgan fingerprint density at radius 3 is 1.90 bits per heavy atom. The van der Waals surface area contributed by atoms with Crippen LogP contribution in [0.15, 0.2) is 12.7 Å². The Morgan fingerprint density at radius 1 is 0.871 bits per heavy atom. The molecule has 2 N–H and O–H groups in total. The molecular weight excluding hydrogens is 394 g/mol. The first-order valence-electron chi connectivity index (χ1n) is 12.3. The second-order valence-electron chi connectivity index (χ2n) is 8.45. The van der Waals surface area contributed by atoms with Gasteiger partial charge in [-0.05, 0) is 32.1 Å². The number of carbonyl (C=O) groups excluding carboxylic acids is 3. The van der Waals surface area contributed by atoms with Crippen molar-refractivity contribution in [1.82, 2.24) is 5.48 Å². The zero-order valence-corrected chi connectivity index (χ0v) is 19.6. The summed E-state index contributed by atoms with van der Waals surface area (Å²) in [7, 11) is 0. The van der Waals surface area contributed by atoms with Crippen molar-refractivity contribution >= 4 is 18.2 Å². The van der Waals surface area contributed by atoms with Crippen molar-refractivity contribution in [3.8, 4) is 0 Å². The van der Waals surface area contributed by atoms with Gasteiger partial charge in [-0.1, -0.05) is 84.1 Å². The summed E-state index contributed by atoms with van der Waals surface area (Å²) in [5.41, 5.74) is 2.18. The standard InChI is InChI=1S/C25H45NO5/c1-3-5-6-7-9-12-16-22(21-28)17-13-10-8-11-14-18-23(19-15-20-27)25(30)26-31-24(29)4-2/h4,21-23,27H,2-3,5-20H2,1H3,(H,26,30). The van der Waals surface area contributed by atoms with E-state index < -0.39 is 5.97 Å². The number of aliphatic hydroxyl groups excluding tert-OH is 1.